The highest BCUT2D eigenvalue weighted by Gasteiger charge is 2.07. The summed E-state index contributed by atoms with van der Waals surface area (Å²) >= 11 is 0. The van der Waals surface area contributed by atoms with Gasteiger partial charge in [0.25, 0.3) is 0 Å². The molecule has 0 bridgehead atoms. The van der Waals surface area contributed by atoms with Crippen molar-refractivity contribution in [3.05, 3.63) is 47.5 Å². The minimum atomic E-state index is 0.753. The lowest BCUT2D eigenvalue weighted by atomic mass is 9.91. The van der Waals surface area contributed by atoms with Gasteiger partial charge in [-0.3, -0.25) is 0 Å². The summed E-state index contributed by atoms with van der Waals surface area (Å²) in [5.41, 5.74) is 4.29. The largest absolute Gasteiger partial charge is 0.124 e. The van der Waals surface area contributed by atoms with Crippen LogP contribution in [0.3, 0.4) is 0 Å². The third kappa shape index (κ3) is 8.27. The molecule has 0 amide bonds. The Morgan fingerprint density at radius 2 is 1.79 bits per heavy atom. The number of hydrogen-bond donors (Lipinski definition) is 0. The molecule has 0 heteroatoms. The average molecular weight is 258 g/mol. The zero-order valence-electron chi connectivity index (χ0n) is 13.4. The molecule has 0 nitrogen and oxygen atoms in total. The van der Waals surface area contributed by atoms with E-state index in [9.17, 15) is 0 Å². The smallest absolute Gasteiger partial charge is 0.0245 e. The summed E-state index contributed by atoms with van der Waals surface area (Å²) in [5, 5.41) is 0. The fourth-order valence-electron chi connectivity index (χ4n) is 1.96. The molecule has 1 rings (SSSR count). The molecule has 0 heterocycles. The van der Waals surface area contributed by atoms with Gasteiger partial charge in [0, 0.05) is 0 Å². The Kier molecular flexibility index (Phi) is 13.5. The van der Waals surface area contributed by atoms with Crippen molar-refractivity contribution in [2.45, 2.75) is 53.9 Å². The van der Waals surface area contributed by atoms with Crippen molar-refractivity contribution in [1.29, 1.82) is 0 Å². The van der Waals surface area contributed by atoms with E-state index in [0.29, 0.717) is 0 Å². The highest BCUT2D eigenvalue weighted by atomic mass is 14.1. The van der Waals surface area contributed by atoms with E-state index in [0.717, 1.165) is 12.3 Å². The Morgan fingerprint density at radius 3 is 2.26 bits per heavy atom. The summed E-state index contributed by atoms with van der Waals surface area (Å²) in [4.78, 5) is 0. The lowest BCUT2D eigenvalue weighted by molar-refractivity contribution is 0.513. The van der Waals surface area contributed by atoms with Crippen LogP contribution in [-0.2, 0) is 6.42 Å². The molecule has 19 heavy (non-hydrogen) atoms. The maximum atomic E-state index is 4.00. The van der Waals surface area contributed by atoms with E-state index in [4.69, 9.17) is 0 Å². The SMILES string of the molecule is C#C.C=CCC(CC)Cc1cc(C)ccc1C.CC. The molecule has 0 spiro atoms. The zero-order valence-corrected chi connectivity index (χ0v) is 13.4. The number of rotatable bonds is 5. The Labute approximate surface area is 120 Å². The number of aryl methyl sites for hydroxylation is 2. The van der Waals surface area contributed by atoms with E-state index < -0.39 is 0 Å². The highest BCUT2D eigenvalue weighted by molar-refractivity contribution is 5.30. The first-order valence-electron chi connectivity index (χ1n) is 7.17. The first-order chi connectivity index (χ1) is 9.17. The van der Waals surface area contributed by atoms with Gasteiger partial charge in [0.15, 0.2) is 0 Å². The van der Waals surface area contributed by atoms with Crippen LogP contribution in [0, 0.1) is 32.6 Å². The van der Waals surface area contributed by atoms with Gasteiger partial charge in [-0.05, 0) is 43.7 Å². The second-order valence-corrected chi connectivity index (χ2v) is 4.43. The van der Waals surface area contributed by atoms with Crippen LogP contribution in [0.4, 0.5) is 0 Å². The van der Waals surface area contributed by atoms with E-state index >= 15 is 0 Å². The van der Waals surface area contributed by atoms with E-state index in [1.165, 1.54) is 29.5 Å². The number of benzene rings is 1. The molecule has 0 fully saturated rings. The fourth-order valence-corrected chi connectivity index (χ4v) is 1.96. The van der Waals surface area contributed by atoms with Gasteiger partial charge in [-0.25, -0.2) is 0 Å². The lowest BCUT2D eigenvalue weighted by Gasteiger charge is -2.14. The summed E-state index contributed by atoms with van der Waals surface area (Å²) in [6, 6.07) is 6.74. The Morgan fingerprint density at radius 1 is 1.21 bits per heavy atom. The van der Waals surface area contributed by atoms with Crippen molar-refractivity contribution in [3.8, 4) is 12.8 Å². The van der Waals surface area contributed by atoms with Gasteiger partial charge in [-0.2, -0.15) is 0 Å². The molecule has 1 atom stereocenters. The van der Waals surface area contributed by atoms with E-state index in [1.807, 2.05) is 19.9 Å². The molecule has 0 radical (unpaired) electrons. The number of allylic oxidation sites excluding steroid dienone is 1. The maximum absolute atomic E-state index is 4.00. The van der Waals surface area contributed by atoms with Gasteiger partial charge in [0.05, 0.1) is 0 Å². The lowest BCUT2D eigenvalue weighted by Crippen LogP contribution is -2.03. The molecular formula is C19H30. The van der Waals surface area contributed by atoms with Crippen LogP contribution >= 0.6 is 0 Å². The first kappa shape index (κ1) is 19.9. The monoisotopic (exact) mass is 258 g/mol. The van der Waals surface area contributed by atoms with Gasteiger partial charge >= 0.3 is 0 Å². The first-order valence-corrected chi connectivity index (χ1v) is 7.17. The molecule has 1 aromatic rings. The molecule has 0 saturated carbocycles. The Bertz CT molecular complexity index is 358. The van der Waals surface area contributed by atoms with Crippen molar-refractivity contribution in [2.75, 3.05) is 0 Å². The molecule has 0 N–H and O–H groups in total. The number of terminal acetylenes is 1. The van der Waals surface area contributed by atoms with Gasteiger partial charge in [0.2, 0.25) is 0 Å². The summed E-state index contributed by atoms with van der Waals surface area (Å²) in [5.74, 6) is 0.753. The highest BCUT2D eigenvalue weighted by Crippen LogP contribution is 2.19. The van der Waals surface area contributed by atoms with Gasteiger partial charge < -0.3 is 0 Å². The number of hydrogen-bond acceptors (Lipinski definition) is 0. The predicted octanol–water partition coefficient (Wildman–Crippen LogP) is 5.72. The van der Waals surface area contributed by atoms with Crippen LogP contribution in [0.5, 0.6) is 0 Å². The minimum absolute atomic E-state index is 0.753. The molecule has 0 aliphatic rings. The van der Waals surface area contributed by atoms with Crippen molar-refractivity contribution in [3.63, 3.8) is 0 Å². The van der Waals surface area contributed by atoms with E-state index in [-0.39, 0.29) is 0 Å². The van der Waals surface area contributed by atoms with Gasteiger partial charge in [-0.15, -0.1) is 19.4 Å². The second kappa shape index (κ2) is 13.0. The van der Waals surface area contributed by atoms with Crippen LogP contribution in [0.2, 0.25) is 0 Å². The zero-order chi connectivity index (χ0) is 15.3. The maximum Gasteiger partial charge on any atom is -0.0245 e. The van der Waals surface area contributed by atoms with Crippen LogP contribution in [0.15, 0.2) is 30.9 Å². The third-order valence-electron chi connectivity index (χ3n) is 3.09. The Hall–Kier alpha value is -1.48. The summed E-state index contributed by atoms with van der Waals surface area (Å²) in [6.07, 6.45) is 13.6. The molecule has 0 aromatic heterocycles. The summed E-state index contributed by atoms with van der Waals surface area (Å²) in [6.45, 7) is 14.5. The van der Waals surface area contributed by atoms with Crippen LogP contribution < -0.4 is 0 Å². The second-order valence-electron chi connectivity index (χ2n) is 4.43. The minimum Gasteiger partial charge on any atom is -0.124 e. The summed E-state index contributed by atoms with van der Waals surface area (Å²) < 4.78 is 0. The molecular weight excluding hydrogens is 228 g/mol. The molecule has 1 aromatic carbocycles. The van der Waals surface area contributed by atoms with Gasteiger partial charge in [0.1, 0.15) is 0 Å². The van der Waals surface area contributed by atoms with Gasteiger partial charge in [-0.1, -0.05) is 57.0 Å². The van der Waals surface area contributed by atoms with Crippen LogP contribution in [0.1, 0.15) is 50.3 Å². The van der Waals surface area contributed by atoms with E-state index in [1.54, 1.807) is 0 Å². The van der Waals surface area contributed by atoms with Crippen molar-refractivity contribution in [2.24, 2.45) is 5.92 Å². The topological polar surface area (TPSA) is 0 Å². The fraction of sp³-hybridized carbons (Fsp3) is 0.474. The molecule has 0 saturated heterocycles. The van der Waals surface area contributed by atoms with Crippen molar-refractivity contribution < 1.29 is 0 Å². The molecule has 106 valence electrons. The third-order valence-corrected chi connectivity index (χ3v) is 3.09. The quantitative estimate of drug-likeness (QED) is 0.468. The molecule has 0 aliphatic carbocycles. The molecule has 1 unspecified atom stereocenters. The normalized spacial score (nSPS) is 10.3. The van der Waals surface area contributed by atoms with Crippen molar-refractivity contribution in [1.82, 2.24) is 0 Å². The van der Waals surface area contributed by atoms with Crippen LogP contribution in [0.25, 0.3) is 0 Å². The average Bonchev–Trinajstić information content (AvgIpc) is 2.46. The molecule has 0 aliphatic heterocycles. The van der Waals surface area contributed by atoms with E-state index in [2.05, 4.69) is 58.4 Å². The Balaban J connectivity index is 0. The predicted molar refractivity (Wildman–Crippen MR) is 89.5 cm³/mol. The van der Waals surface area contributed by atoms with Crippen LogP contribution in [-0.4, -0.2) is 0 Å². The summed E-state index contributed by atoms with van der Waals surface area (Å²) in [7, 11) is 0. The van der Waals surface area contributed by atoms with Crippen molar-refractivity contribution >= 4 is 0 Å². The standard InChI is InChI=1S/C15H22.C2H6.C2H2/c1-5-7-14(6-2)11-15-10-12(3)8-9-13(15)4;2*1-2/h5,8-10,14H,1,6-7,11H2,2-4H3;1-2H3;1-2H.